The third kappa shape index (κ3) is 3.35. The van der Waals surface area contributed by atoms with Gasteiger partial charge in [-0.25, -0.2) is 0 Å². The maximum atomic E-state index is 4.39. The van der Waals surface area contributed by atoms with E-state index in [1.807, 2.05) is 19.9 Å². The lowest BCUT2D eigenvalue weighted by Gasteiger charge is -2.04. The van der Waals surface area contributed by atoms with Crippen molar-refractivity contribution in [1.82, 2.24) is 4.98 Å². The Balaban J connectivity index is 3.02. The van der Waals surface area contributed by atoms with E-state index >= 15 is 0 Å². The minimum absolute atomic E-state index is 1.04. The van der Waals surface area contributed by atoms with E-state index in [0.29, 0.717) is 0 Å². The summed E-state index contributed by atoms with van der Waals surface area (Å²) in [4.78, 5) is 4.39. The molecule has 0 radical (unpaired) electrons. The number of rotatable bonds is 0. The molecule has 0 aliphatic rings. The average Bonchev–Trinajstić information content (AvgIpc) is 2.00. The zero-order chi connectivity index (χ0) is 10.8. The van der Waals surface area contributed by atoms with Crippen LogP contribution >= 0.6 is 0 Å². The van der Waals surface area contributed by atoms with Gasteiger partial charge in [-0.15, -0.1) is 5.54 Å². The van der Waals surface area contributed by atoms with Crippen molar-refractivity contribution >= 4 is 8.07 Å². The first-order valence-electron chi connectivity index (χ1n) is 4.86. The molecular weight excluding hydrogens is 186 g/mol. The predicted molar refractivity (Wildman–Crippen MR) is 63.9 cm³/mol. The lowest BCUT2D eigenvalue weighted by molar-refractivity contribution is 1.11. The molecule has 0 saturated heterocycles. The van der Waals surface area contributed by atoms with Gasteiger partial charge in [0.25, 0.3) is 0 Å². The van der Waals surface area contributed by atoms with Gasteiger partial charge in [0.2, 0.25) is 0 Å². The molecule has 1 aromatic heterocycles. The van der Waals surface area contributed by atoms with Gasteiger partial charge >= 0.3 is 0 Å². The predicted octanol–water partition coefficient (Wildman–Crippen LogP) is 2.93. The van der Waals surface area contributed by atoms with Crippen LogP contribution in [0.5, 0.6) is 0 Å². The van der Waals surface area contributed by atoms with Gasteiger partial charge in [-0.1, -0.05) is 25.6 Å². The smallest absolute Gasteiger partial charge is 0.129 e. The average molecular weight is 203 g/mol. The van der Waals surface area contributed by atoms with Gasteiger partial charge in [0.05, 0.1) is 5.69 Å². The number of aromatic nitrogens is 1. The zero-order valence-electron chi connectivity index (χ0n) is 9.60. The van der Waals surface area contributed by atoms with Crippen LogP contribution in [0.25, 0.3) is 0 Å². The Morgan fingerprint density at radius 2 is 1.79 bits per heavy atom. The first kappa shape index (κ1) is 11.0. The Morgan fingerprint density at radius 1 is 1.14 bits per heavy atom. The van der Waals surface area contributed by atoms with E-state index in [0.717, 1.165) is 17.0 Å². The fourth-order valence-corrected chi connectivity index (χ4v) is 1.58. The molecule has 0 fully saturated rings. The van der Waals surface area contributed by atoms with Crippen molar-refractivity contribution < 1.29 is 0 Å². The standard InChI is InChI=1S/C12H17NSi/c1-10-6-7-12(11(2)13-10)8-9-14(3,4)5/h6-7H,1-5H3. The van der Waals surface area contributed by atoms with Crippen molar-refractivity contribution in [3.8, 4) is 11.5 Å². The van der Waals surface area contributed by atoms with E-state index in [2.05, 4.69) is 42.2 Å². The molecule has 14 heavy (non-hydrogen) atoms. The van der Waals surface area contributed by atoms with Crippen LogP contribution in [0.3, 0.4) is 0 Å². The van der Waals surface area contributed by atoms with Crippen LogP contribution in [0, 0.1) is 25.3 Å². The Kier molecular flexibility index (Phi) is 3.12. The molecule has 0 aliphatic heterocycles. The molecule has 0 spiro atoms. The van der Waals surface area contributed by atoms with Crippen molar-refractivity contribution in [1.29, 1.82) is 0 Å². The number of nitrogens with zero attached hydrogens (tertiary/aromatic N) is 1. The first-order chi connectivity index (χ1) is 6.38. The SMILES string of the molecule is Cc1ccc(C#C[Si](C)(C)C)c(C)n1. The highest BCUT2D eigenvalue weighted by Gasteiger charge is 2.07. The zero-order valence-corrected chi connectivity index (χ0v) is 10.6. The normalized spacial score (nSPS) is 10.6. The summed E-state index contributed by atoms with van der Waals surface area (Å²) in [5.41, 5.74) is 6.51. The number of hydrogen-bond donors (Lipinski definition) is 0. The largest absolute Gasteiger partial charge is 0.257 e. The summed E-state index contributed by atoms with van der Waals surface area (Å²) in [5, 5.41) is 0. The molecule has 0 unspecified atom stereocenters. The highest BCUT2D eigenvalue weighted by atomic mass is 28.3. The number of pyridine rings is 1. The molecule has 1 aromatic rings. The molecule has 2 heteroatoms. The molecule has 74 valence electrons. The maximum Gasteiger partial charge on any atom is 0.129 e. The van der Waals surface area contributed by atoms with Crippen molar-refractivity contribution in [2.45, 2.75) is 33.5 Å². The Morgan fingerprint density at radius 3 is 2.29 bits per heavy atom. The minimum atomic E-state index is -1.27. The van der Waals surface area contributed by atoms with Crippen molar-refractivity contribution in [2.75, 3.05) is 0 Å². The molecule has 0 saturated carbocycles. The monoisotopic (exact) mass is 203 g/mol. The van der Waals surface area contributed by atoms with Gasteiger partial charge in [0.1, 0.15) is 8.07 Å². The second-order valence-electron chi connectivity index (χ2n) is 4.59. The Labute approximate surface area is 87.6 Å². The number of aryl methyl sites for hydroxylation is 2. The highest BCUT2D eigenvalue weighted by molar-refractivity contribution is 6.83. The maximum absolute atomic E-state index is 4.39. The summed E-state index contributed by atoms with van der Waals surface area (Å²) in [7, 11) is -1.27. The molecule has 0 aliphatic carbocycles. The van der Waals surface area contributed by atoms with Crippen molar-refractivity contribution in [3.63, 3.8) is 0 Å². The van der Waals surface area contributed by atoms with Crippen molar-refractivity contribution in [2.24, 2.45) is 0 Å². The third-order valence-corrected chi connectivity index (χ3v) is 2.67. The van der Waals surface area contributed by atoms with Gasteiger partial charge in [-0.2, -0.15) is 0 Å². The van der Waals surface area contributed by atoms with E-state index < -0.39 is 8.07 Å². The summed E-state index contributed by atoms with van der Waals surface area (Å²) in [6, 6.07) is 4.08. The summed E-state index contributed by atoms with van der Waals surface area (Å²) >= 11 is 0. The topological polar surface area (TPSA) is 12.9 Å². The van der Waals surface area contributed by atoms with Crippen molar-refractivity contribution in [3.05, 3.63) is 29.1 Å². The third-order valence-electron chi connectivity index (χ3n) is 1.80. The van der Waals surface area contributed by atoms with Crippen LogP contribution < -0.4 is 0 Å². The van der Waals surface area contributed by atoms with Crippen LogP contribution in [0.15, 0.2) is 12.1 Å². The molecule has 0 N–H and O–H groups in total. The van der Waals surface area contributed by atoms with E-state index in [-0.39, 0.29) is 0 Å². The van der Waals surface area contributed by atoms with Crippen LogP contribution in [0.2, 0.25) is 19.6 Å². The molecule has 1 rings (SSSR count). The summed E-state index contributed by atoms with van der Waals surface area (Å²) in [6.07, 6.45) is 0. The Bertz CT molecular complexity index is 391. The molecule has 0 bridgehead atoms. The lowest BCUT2D eigenvalue weighted by Crippen LogP contribution is -2.16. The molecule has 0 atom stereocenters. The van der Waals surface area contributed by atoms with E-state index in [9.17, 15) is 0 Å². The molecule has 1 nitrogen and oxygen atoms in total. The summed E-state index contributed by atoms with van der Waals surface area (Å²) in [5.74, 6) is 3.23. The van der Waals surface area contributed by atoms with Gasteiger partial charge in [-0.3, -0.25) is 4.98 Å². The van der Waals surface area contributed by atoms with Crippen LogP contribution in [-0.4, -0.2) is 13.1 Å². The van der Waals surface area contributed by atoms with E-state index in [4.69, 9.17) is 0 Å². The van der Waals surface area contributed by atoms with Crippen LogP contribution in [0.4, 0.5) is 0 Å². The molecule has 0 amide bonds. The fraction of sp³-hybridized carbons (Fsp3) is 0.417. The highest BCUT2D eigenvalue weighted by Crippen LogP contribution is 2.05. The summed E-state index contributed by atoms with van der Waals surface area (Å²) in [6.45, 7) is 10.8. The summed E-state index contributed by atoms with van der Waals surface area (Å²) < 4.78 is 0. The van der Waals surface area contributed by atoms with Gasteiger partial charge in [0.15, 0.2) is 0 Å². The minimum Gasteiger partial charge on any atom is -0.257 e. The van der Waals surface area contributed by atoms with Gasteiger partial charge in [0, 0.05) is 11.3 Å². The Hall–Kier alpha value is -1.07. The molecular formula is C12H17NSi. The van der Waals surface area contributed by atoms with Gasteiger partial charge < -0.3 is 0 Å². The molecule has 0 aromatic carbocycles. The second-order valence-corrected chi connectivity index (χ2v) is 9.34. The van der Waals surface area contributed by atoms with E-state index in [1.54, 1.807) is 0 Å². The lowest BCUT2D eigenvalue weighted by atomic mass is 10.2. The molecule has 1 heterocycles. The quantitative estimate of drug-likeness (QED) is 0.467. The fourth-order valence-electron chi connectivity index (χ4n) is 1.07. The van der Waals surface area contributed by atoms with E-state index in [1.165, 1.54) is 0 Å². The second kappa shape index (κ2) is 3.98. The van der Waals surface area contributed by atoms with Crippen LogP contribution in [-0.2, 0) is 0 Å². The first-order valence-corrected chi connectivity index (χ1v) is 8.36. The number of hydrogen-bond acceptors (Lipinski definition) is 1. The van der Waals surface area contributed by atoms with Crippen LogP contribution in [0.1, 0.15) is 17.0 Å². The van der Waals surface area contributed by atoms with Gasteiger partial charge in [-0.05, 0) is 26.0 Å².